The third kappa shape index (κ3) is 4.07. The Morgan fingerprint density at radius 3 is 2.05 bits per heavy atom. The predicted octanol–water partition coefficient (Wildman–Crippen LogP) is 2.47. The summed E-state index contributed by atoms with van der Waals surface area (Å²) < 4.78 is -0.861. The van der Waals surface area contributed by atoms with E-state index in [1.54, 1.807) is 16.7 Å². The second kappa shape index (κ2) is 10.1. The van der Waals surface area contributed by atoms with Crippen LogP contribution in [0.1, 0.15) is 11.1 Å². The summed E-state index contributed by atoms with van der Waals surface area (Å²) in [5.74, 6) is -1.64. The number of nitrogens with zero attached hydrogens (tertiary/aromatic N) is 3. The van der Waals surface area contributed by atoms with Crippen molar-refractivity contribution in [2.24, 2.45) is 11.8 Å². The molecule has 0 saturated carbocycles. The second-order valence-corrected chi connectivity index (χ2v) is 11.8. The molecule has 7 nitrogen and oxygen atoms in total. The number of amides is 3. The Bertz CT molecular complexity index is 1280. The molecule has 4 aliphatic rings. The van der Waals surface area contributed by atoms with Crippen LogP contribution in [-0.2, 0) is 27.5 Å². The maximum atomic E-state index is 14.1. The number of likely N-dealkylation sites (tertiary alicyclic amines) is 1. The molecule has 1 spiro atoms. The van der Waals surface area contributed by atoms with Crippen molar-refractivity contribution in [3.8, 4) is 0 Å². The quantitative estimate of drug-likeness (QED) is 0.582. The zero-order valence-electron chi connectivity index (χ0n) is 21.1. The minimum absolute atomic E-state index is 0.0533. The number of β-amino-alcohol motifs (C(OH)–C–C–N with tert-alkyl or cyclic N) is 1. The molecule has 6 rings (SSSR count). The van der Waals surface area contributed by atoms with E-state index in [0.717, 1.165) is 11.1 Å². The number of carbonyl (C=O) groups is 3. The number of rotatable bonds is 6. The highest BCUT2D eigenvalue weighted by molar-refractivity contribution is 8.02. The number of hydrogen-bond donors (Lipinski definition) is 1. The molecule has 4 aliphatic heterocycles. The standard InChI is InChI=1S/C30H31N3O4S/c34-18-17-33-26-29(37)32(20-22-11-5-2-6-12-22)16-8-14-30(26)25(28(33)36)24-23(38-30)13-7-15-31(27(24)35)19-21-9-3-1-4-10-21/h1-14,23-26,34H,15-20H2/t23-,24+,25-,26?,30-/m0/s1. The highest BCUT2D eigenvalue weighted by Gasteiger charge is 2.70. The van der Waals surface area contributed by atoms with Crippen LogP contribution in [0.15, 0.2) is 85.0 Å². The third-order valence-electron chi connectivity index (χ3n) is 8.10. The van der Waals surface area contributed by atoms with Crippen LogP contribution in [0.25, 0.3) is 0 Å². The van der Waals surface area contributed by atoms with Crippen LogP contribution in [0, 0.1) is 11.8 Å². The van der Waals surface area contributed by atoms with Gasteiger partial charge in [-0.2, -0.15) is 0 Å². The van der Waals surface area contributed by atoms with Crippen molar-refractivity contribution in [1.29, 1.82) is 0 Å². The first kappa shape index (κ1) is 24.9. The molecule has 2 fully saturated rings. The van der Waals surface area contributed by atoms with Gasteiger partial charge in [0.2, 0.25) is 17.7 Å². The largest absolute Gasteiger partial charge is 0.395 e. The molecule has 196 valence electrons. The summed E-state index contributed by atoms with van der Waals surface area (Å²) in [6, 6.07) is 18.9. The van der Waals surface area contributed by atoms with Crippen molar-refractivity contribution in [1.82, 2.24) is 14.7 Å². The van der Waals surface area contributed by atoms with Gasteiger partial charge in [-0.1, -0.05) is 85.0 Å². The van der Waals surface area contributed by atoms with Crippen LogP contribution in [0.5, 0.6) is 0 Å². The van der Waals surface area contributed by atoms with Gasteiger partial charge in [-0.3, -0.25) is 14.4 Å². The molecule has 1 N–H and O–H groups in total. The highest BCUT2D eigenvalue weighted by atomic mass is 32.2. The molecule has 2 saturated heterocycles. The Kier molecular flexibility index (Phi) is 6.61. The maximum Gasteiger partial charge on any atom is 0.247 e. The first-order valence-corrected chi connectivity index (χ1v) is 14.0. The van der Waals surface area contributed by atoms with E-state index in [9.17, 15) is 19.5 Å². The summed E-state index contributed by atoms with van der Waals surface area (Å²) in [6.07, 6.45) is 8.07. The molecule has 38 heavy (non-hydrogen) atoms. The summed E-state index contributed by atoms with van der Waals surface area (Å²) in [6.45, 7) is 1.64. The SMILES string of the molecule is O=C1C2N(CCO)C(=O)[C@@H]3[C@@H]4C(=O)N(Cc5ccccc5)CC=C[C@@H]4S[C@]23C=CCN1Cc1ccccc1. The first-order valence-electron chi connectivity index (χ1n) is 13.1. The summed E-state index contributed by atoms with van der Waals surface area (Å²) in [5, 5.41) is 9.66. The van der Waals surface area contributed by atoms with E-state index >= 15 is 0 Å². The molecule has 2 aromatic carbocycles. The molecule has 0 aromatic heterocycles. The second-order valence-electron chi connectivity index (χ2n) is 10.3. The van der Waals surface area contributed by atoms with E-state index in [0.29, 0.717) is 26.2 Å². The van der Waals surface area contributed by atoms with Crippen LogP contribution in [0.4, 0.5) is 0 Å². The number of aliphatic hydroxyl groups excluding tert-OH is 1. The van der Waals surface area contributed by atoms with Gasteiger partial charge in [0.1, 0.15) is 6.04 Å². The summed E-state index contributed by atoms with van der Waals surface area (Å²) in [7, 11) is 0. The van der Waals surface area contributed by atoms with E-state index < -0.39 is 22.6 Å². The Hall–Kier alpha value is -3.36. The molecule has 5 atom stereocenters. The summed E-state index contributed by atoms with van der Waals surface area (Å²) in [4.78, 5) is 47.4. The smallest absolute Gasteiger partial charge is 0.247 e. The van der Waals surface area contributed by atoms with E-state index in [1.165, 1.54) is 4.90 Å². The molecule has 3 amide bonds. The Balaban J connectivity index is 1.36. The zero-order chi connectivity index (χ0) is 26.3. The lowest BCUT2D eigenvalue weighted by molar-refractivity contribution is -0.145. The van der Waals surface area contributed by atoms with Gasteiger partial charge in [0.05, 0.1) is 23.2 Å². The Labute approximate surface area is 226 Å². The number of benzene rings is 2. The van der Waals surface area contributed by atoms with Crippen molar-refractivity contribution in [2.75, 3.05) is 26.2 Å². The molecule has 4 heterocycles. The summed E-state index contributed by atoms with van der Waals surface area (Å²) in [5.41, 5.74) is 2.05. The van der Waals surface area contributed by atoms with Crippen LogP contribution in [0.3, 0.4) is 0 Å². The normalized spacial score (nSPS) is 30.2. The monoisotopic (exact) mass is 529 g/mol. The van der Waals surface area contributed by atoms with E-state index in [4.69, 9.17) is 0 Å². The molecule has 2 aromatic rings. The molecule has 0 radical (unpaired) electrons. The maximum absolute atomic E-state index is 14.1. The van der Waals surface area contributed by atoms with Crippen LogP contribution in [-0.4, -0.2) is 79.8 Å². The van der Waals surface area contributed by atoms with Crippen molar-refractivity contribution >= 4 is 29.5 Å². The van der Waals surface area contributed by atoms with Gasteiger partial charge in [-0.15, -0.1) is 11.8 Å². The number of carbonyl (C=O) groups excluding carboxylic acids is 3. The fourth-order valence-electron chi connectivity index (χ4n) is 6.48. The van der Waals surface area contributed by atoms with Gasteiger partial charge in [-0.25, -0.2) is 0 Å². The molecule has 1 unspecified atom stereocenters. The zero-order valence-corrected chi connectivity index (χ0v) is 21.9. The average molecular weight is 530 g/mol. The molecular weight excluding hydrogens is 498 g/mol. The van der Waals surface area contributed by atoms with Gasteiger partial charge >= 0.3 is 0 Å². The Morgan fingerprint density at radius 2 is 1.42 bits per heavy atom. The lowest BCUT2D eigenvalue weighted by Crippen LogP contribution is -2.53. The topological polar surface area (TPSA) is 81.2 Å². The number of fused-ring (bicyclic) bond motifs is 2. The van der Waals surface area contributed by atoms with Gasteiger partial charge in [0, 0.05) is 38.0 Å². The molecular formula is C30H31N3O4S. The fourth-order valence-corrected chi connectivity index (χ4v) is 8.48. The summed E-state index contributed by atoms with van der Waals surface area (Å²) >= 11 is 1.57. The predicted molar refractivity (Wildman–Crippen MR) is 146 cm³/mol. The van der Waals surface area contributed by atoms with E-state index in [-0.39, 0.29) is 36.1 Å². The van der Waals surface area contributed by atoms with Crippen LogP contribution >= 0.6 is 11.8 Å². The van der Waals surface area contributed by atoms with Crippen molar-refractivity contribution in [3.63, 3.8) is 0 Å². The van der Waals surface area contributed by atoms with Crippen molar-refractivity contribution < 1.29 is 19.5 Å². The number of aliphatic hydroxyl groups is 1. The highest BCUT2D eigenvalue weighted by Crippen LogP contribution is 2.61. The molecule has 8 heteroatoms. The molecule has 0 bridgehead atoms. The average Bonchev–Trinajstić information content (AvgIpc) is 3.25. The number of thioether (sulfide) groups is 1. The first-order chi connectivity index (χ1) is 18.5. The van der Waals surface area contributed by atoms with Crippen molar-refractivity contribution in [2.45, 2.75) is 29.1 Å². The Morgan fingerprint density at radius 1 is 0.816 bits per heavy atom. The van der Waals surface area contributed by atoms with Gasteiger partial charge < -0.3 is 19.8 Å². The minimum Gasteiger partial charge on any atom is -0.395 e. The third-order valence-corrected chi connectivity index (χ3v) is 9.84. The van der Waals surface area contributed by atoms with E-state index in [1.807, 2.05) is 83.8 Å². The van der Waals surface area contributed by atoms with E-state index in [2.05, 4.69) is 6.08 Å². The van der Waals surface area contributed by atoms with Crippen LogP contribution < -0.4 is 0 Å². The van der Waals surface area contributed by atoms with Crippen LogP contribution in [0.2, 0.25) is 0 Å². The lowest BCUT2D eigenvalue weighted by Gasteiger charge is -2.35. The minimum atomic E-state index is -0.861. The number of hydrogen-bond acceptors (Lipinski definition) is 5. The van der Waals surface area contributed by atoms with Gasteiger partial charge in [0.25, 0.3) is 0 Å². The van der Waals surface area contributed by atoms with Gasteiger partial charge in [-0.05, 0) is 11.1 Å². The molecule has 0 aliphatic carbocycles. The van der Waals surface area contributed by atoms with Gasteiger partial charge in [0.15, 0.2) is 0 Å². The fraction of sp³-hybridized carbons (Fsp3) is 0.367. The lowest BCUT2D eigenvalue weighted by atomic mass is 9.78. The van der Waals surface area contributed by atoms with Crippen molar-refractivity contribution in [3.05, 3.63) is 96.1 Å².